The monoisotopic (exact) mass is 1030 g/mol. The maximum atomic E-state index is 13.8. The van der Waals surface area contributed by atoms with Crippen LogP contribution in [0.1, 0.15) is 76.3 Å². The predicted octanol–water partition coefficient (Wildman–Crippen LogP) is 4.32. The zero-order valence-electron chi connectivity index (χ0n) is 42.1. The highest BCUT2D eigenvalue weighted by Crippen LogP contribution is 2.35. The number of carbonyl (C=O) groups excluding carboxylic acids is 9. The molecule has 396 valence electrons. The number of likely N-dealkylation sites (N-methyl/N-ethyl adjacent to an activating group) is 1. The van der Waals surface area contributed by atoms with Gasteiger partial charge in [0.05, 0.1) is 0 Å². The summed E-state index contributed by atoms with van der Waals surface area (Å²) in [4.78, 5) is 129. The van der Waals surface area contributed by atoms with Crippen molar-refractivity contribution in [3.8, 4) is 0 Å². The Hall–Kier alpha value is -8.62. The lowest BCUT2D eigenvalue weighted by Gasteiger charge is -2.27. The number of hydrogen-bond donors (Lipinski definition) is 8. The summed E-state index contributed by atoms with van der Waals surface area (Å²) in [6.07, 6.45) is 2.35. The molecule has 0 aliphatic carbocycles. The summed E-state index contributed by atoms with van der Waals surface area (Å²) in [7, 11) is 1.45. The Kier molecular flexibility index (Phi) is 19.6. The maximum Gasteiger partial charge on any atom is 0.410 e. The molecule has 5 aromatic rings. The standard InChI is InChI=1S/C54H63N9O12/c1-32(2)49(61-51(71)41(21-24-46(68)69)59-42(64)12-5-4-6-26-63-44(66)22-23-45(63)67)52(72)60-40(11-8-25-56-53(55)73)50(70)58-39-19-13-33(14-20-39)31-75-54(74)62(3)30-43(65)57-29-34-27-37-17-15-35-9-7-10-36-16-18-38(28-34)48(37)47(35)36/h7,9-10,13-20,22-23,27-28,32,40-41,49H,4-6,8,11-12,21,24-26,29-31H2,1-3H3,(H,57,65)(H,58,70)(H,59,64)(H,60,72)(H,61,71)(H,68,69)(H3,55,56,73)/t40-,41-,49-/m0/s1. The van der Waals surface area contributed by atoms with E-state index in [4.69, 9.17) is 10.5 Å². The second-order valence-corrected chi connectivity index (χ2v) is 18.8. The Morgan fingerprint density at radius 2 is 1.29 bits per heavy atom. The minimum Gasteiger partial charge on any atom is -0.481 e. The van der Waals surface area contributed by atoms with Gasteiger partial charge in [-0.25, -0.2) is 9.59 Å². The molecule has 5 aromatic carbocycles. The third-order valence-corrected chi connectivity index (χ3v) is 12.6. The van der Waals surface area contributed by atoms with E-state index in [0.29, 0.717) is 30.5 Å². The molecule has 0 radical (unpaired) electrons. The number of carboxylic acid groups (broad SMARTS) is 1. The van der Waals surface area contributed by atoms with Gasteiger partial charge in [-0.15, -0.1) is 0 Å². The van der Waals surface area contributed by atoms with E-state index < -0.39 is 84.0 Å². The first-order chi connectivity index (χ1) is 35.9. The van der Waals surface area contributed by atoms with Crippen LogP contribution in [-0.4, -0.2) is 119 Å². The van der Waals surface area contributed by atoms with Gasteiger partial charge in [-0.05, 0) is 106 Å². The molecule has 0 saturated heterocycles. The summed E-state index contributed by atoms with van der Waals surface area (Å²) in [6, 6.07) is 20.5. The maximum absolute atomic E-state index is 13.8. The van der Waals surface area contributed by atoms with Crippen LogP contribution in [-0.2, 0) is 56.2 Å². The second-order valence-electron chi connectivity index (χ2n) is 18.8. The normalized spacial score (nSPS) is 13.4. The molecule has 1 aliphatic rings. The van der Waals surface area contributed by atoms with Crippen LogP contribution in [0.2, 0.25) is 0 Å². The summed E-state index contributed by atoms with van der Waals surface area (Å²) in [5, 5.41) is 32.1. The fourth-order valence-electron chi connectivity index (χ4n) is 8.65. The minimum atomic E-state index is -1.32. The number of carboxylic acids is 1. The Labute approximate surface area is 432 Å². The van der Waals surface area contributed by atoms with E-state index in [1.807, 2.05) is 6.07 Å². The first kappa shape index (κ1) is 55.7. The number of anilines is 1. The van der Waals surface area contributed by atoms with Crippen LogP contribution in [0.5, 0.6) is 0 Å². The minimum absolute atomic E-state index is 0.0231. The largest absolute Gasteiger partial charge is 0.481 e. The number of amides is 10. The van der Waals surface area contributed by atoms with Crippen LogP contribution < -0.4 is 37.6 Å². The van der Waals surface area contributed by atoms with E-state index in [1.165, 1.54) is 30.0 Å². The molecule has 6 rings (SSSR count). The molecule has 75 heavy (non-hydrogen) atoms. The zero-order chi connectivity index (χ0) is 54.2. The number of carbonyl (C=O) groups is 10. The number of aliphatic carboxylic acids is 1. The number of nitrogens with one attached hydrogen (secondary N) is 6. The Bertz CT molecular complexity index is 2880. The smallest absolute Gasteiger partial charge is 0.410 e. The van der Waals surface area contributed by atoms with E-state index in [1.54, 1.807) is 38.1 Å². The molecule has 9 N–H and O–H groups in total. The number of unbranched alkanes of at least 4 members (excludes halogenated alkanes) is 2. The molecule has 21 heteroatoms. The molecule has 0 aromatic heterocycles. The van der Waals surface area contributed by atoms with Crippen LogP contribution in [0, 0.1) is 5.92 Å². The SMILES string of the molecule is CC(C)[C@H](NC(=O)[C@H](CCC(=O)O)NC(=O)CCCCCN1C(=O)C=CC1=O)C(=O)N[C@@H](CCCNC(N)=O)C(=O)Nc1ccc(COC(=O)N(C)CC(=O)NCc2cc3ccc4cccc5ccc(c2)c3c45)cc1. The second kappa shape index (κ2) is 26.4. The van der Waals surface area contributed by atoms with E-state index >= 15 is 0 Å². The number of benzene rings is 5. The highest BCUT2D eigenvalue weighted by Gasteiger charge is 2.32. The van der Waals surface area contributed by atoms with Crippen LogP contribution >= 0.6 is 0 Å². The number of imide groups is 1. The van der Waals surface area contributed by atoms with Gasteiger partial charge in [-0.1, -0.05) is 74.9 Å². The van der Waals surface area contributed by atoms with Gasteiger partial charge in [0.25, 0.3) is 11.8 Å². The number of rotatable bonds is 27. The van der Waals surface area contributed by atoms with Gasteiger partial charge in [0.15, 0.2) is 0 Å². The lowest BCUT2D eigenvalue weighted by atomic mass is 9.93. The first-order valence-corrected chi connectivity index (χ1v) is 24.8. The average Bonchev–Trinajstić information content (AvgIpc) is 3.70. The van der Waals surface area contributed by atoms with Crippen molar-refractivity contribution in [1.82, 2.24) is 36.4 Å². The average molecular weight is 1030 g/mol. The summed E-state index contributed by atoms with van der Waals surface area (Å²) < 4.78 is 5.45. The lowest BCUT2D eigenvalue weighted by molar-refractivity contribution is -0.139. The summed E-state index contributed by atoms with van der Waals surface area (Å²) in [5.41, 5.74) is 7.01. The van der Waals surface area contributed by atoms with Gasteiger partial charge in [-0.2, -0.15) is 0 Å². The fraction of sp³-hybridized carbons (Fsp3) is 0.370. The van der Waals surface area contributed by atoms with Gasteiger partial charge >= 0.3 is 18.1 Å². The zero-order valence-corrected chi connectivity index (χ0v) is 42.1. The fourth-order valence-corrected chi connectivity index (χ4v) is 8.65. The highest BCUT2D eigenvalue weighted by atomic mass is 16.6. The van der Waals surface area contributed by atoms with Crippen molar-refractivity contribution < 1.29 is 57.8 Å². The predicted molar refractivity (Wildman–Crippen MR) is 279 cm³/mol. The molecule has 0 spiro atoms. The van der Waals surface area contributed by atoms with Crippen molar-refractivity contribution in [3.05, 3.63) is 102 Å². The Balaban J connectivity index is 0.978. The van der Waals surface area contributed by atoms with E-state index in [0.717, 1.165) is 36.9 Å². The van der Waals surface area contributed by atoms with Gasteiger partial charge in [0, 0.05) is 57.4 Å². The third-order valence-electron chi connectivity index (χ3n) is 12.6. The topological polar surface area (TPSA) is 305 Å². The van der Waals surface area contributed by atoms with Crippen LogP contribution in [0.25, 0.3) is 32.3 Å². The molecule has 1 heterocycles. The number of urea groups is 1. The van der Waals surface area contributed by atoms with E-state index in [-0.39, 0.29) is 64.4 Å². The number of primary amides is 1. The van der Waals surface area contributed by atoms with E-state index in [2.05, 4.69) is 80.4 Å². The van der Waals surface area contributed by atoms with Crippen molar-refractivity contribution >= 4 is 97.4 Å². The summed E-state index contributed by atoms with van der Waals surface area (Å²) >= 11 is 0. The Morgan fingerprint density at radius 1 is 0.667 bits per heavy atom. The molecule has 0 saturated carbocycles. The molecule has 0 unspecified atom stereocenters. The molecule has 10 amide bonds. The van der Waals surface area contributed by atoms with Crippen molar-refractivity contribution in [2.45, 2.75) is 96.5 Å². The summed E-state index contributed by atoms with van der Waals surface area (Å²) in [5.74, 6) is -5.72. The first-order valence-electron chi connectivity index (χ1n) is 24.8. The third kappa shape index (κ3) is 15.9. The molecule has 1 aliphatic heterocycles. The quantitative estimate of drug-likeness (QED) is 0.0207. The van der Waals surface area contributed by atoms with Crippen molar-refractivity contribution in [3.63, 3.8) is 0 Å². The van der Waals surface area contributed by atoms with Crippen molar-refractivity contribution in [1.29, 1.82) is 0 Å². The van der Waals surface area contributed by atoms with Crippen molar-refractivity contribution in [2.24, 2.45) is 11.7 Å². The van der Waals surface area contributed by atoms with Gasteiger partial charge in [0.1, 0.15) is 31.3 Å². The van der Waals surface area contributed by atoms with Gasteiger partial charge in [0.2, 0.25) is 29.5 Å². The molecule has 21 nitrogen and oxygen atoms in total. The number of nitrogens with two attached hydrogens (primary N) is 1. The summed E-state index contributed by atoms with van der Waals surface area (Å²) in [6.45, 7) is 3.42. The van der Waals surface area contributed by atoms with Crippen LogP contribution in [0.4, 0.5) is 15.3 Å². The van der Waals surface area contributed by atoms with Crippen LogP contribution in [0.15, 0.2) is 91.0 Å². The number of ether oxygens (including phenoxy) is 1. The van der Waals surface area contributed by atoms with Gasteiger partial charge in [-0.3, -0.25) is 43.3 Å². The number of hydrogen-bond acceptors (Lipinski definition) is 11. The molecule has 0 fully saturated rings. The van der Waals surface area contributed by atoms with E-state index in [9.17, 15) is 53.1 Å². The number of nitrogens with zero attached hydrogens (tertiary/aromatic N) is 2. The van der Waals surface area contributed by atoms with Crippen molar-refractivity contribution in [2.75, 3.05) is 32.0 Å². The van der Waals surface area contributed by atoms with Gasteiger partial charge < -0.3 is 52.4 Å². The molecule has 3 atom stereocenters. The lowest BCUT2D eigenvalue weighted by Crippen LogP contribution is -2.57. The highest BCUT2D eigenvalue weighted by molar-refractivity contribution is 6.23. The molecule has 0 bridgehead atoms. The van der Waals surface area contributed by atoms with Crippen LogP contribution in [0.3, 0.4) is 0 Å². The Morgan fingerprint density at radius 3 is 1.92 bits per heavy atom. The molecular weight excluding hydrogens is 967 g/mol. The molecular formula is C54H63N9O12.